The van der Waals surface area contributed by atoms with E-state index in [0.29, 0.717) is 6.54 Å². The van der Waals surface area contributed by atoms with Crippen LogP contribution in [0, 0.1) is 13.8 Å². The van der Waals surface area contributed by atoms with Gasteiger partial charge in [0.15, 0.2) is 0 Å². The quantitative estimate of drug-likeness (QED) is 0.805. The fourth-order valence-electron chi connectivity index (χ4n) is 2.27. The SMILES string of the molecule is CCCC(C)NC(=O)CNC(C)c1cc(C)sc1C. The molecule has 3 nitrogen and oxygen atoms in total. The molecular weight excluding hydrogens is 256 g/mol. The first kappa shape index (κ1) is 16.2. The van der Waals surface area contributed by atoms with Gasteiger partial charge in [0.1, 0.15) is 0 Å². The molecule has 0 aliphatic carbocycles. The van der Waals surface area contributed by atoms with E-state index in [9.17, 15) is 4.79 Å². The third-order valence-corrected chi connectivity index (χ3v) is 4.23. The van der Waals surface area contributed by atoms with Crippen LogP contribution < -0.4 is 10.6 Å². The average Bonchev–Trinajstić information content (AvgIpc) is 2.65. The summed E-state index contributed by atoms with van der Waals surface area (Å²) in [5.74, 6) is 0.0809. The molecule has 2 atom stereocenters. The molecule has 0 aliphatic rings. The van der Waals surface area contributed by atoms with Gasteiger partial charge in [-0.3, -0.25) is 4.79 Å². The van der Waals surface area contributed by atoms with E-state index in [1.165, 1.54) is 15.3 Å². The van der Waals surface area contributed by atoms with Crippen molar-refractivity contribution in [3.8, 4) is 0 Å². The normalized spacial score (nSPS) is 14.2. The van der Waals surface area contributed by atoms with Gasteiger partial charge in [0.25, 0.3) is 0 Å². The standard InChI is InChI=1S/C15H26N2OS/c1-6-7-10(2)17-15(18)9-16-12(4)14-8-11(3)19-13(14)5/h8,10,12,16H,6-7,9H2,1-5H3,(H,17,18). The Morgan fingerprint density at radius 1 is 1.37 bits per heavy atom. The first-order valence-electron chi connectivity index (χ1n) is 7.03. The van der Waals surface area contributed by atoms with E-state index in [2.05, 4.69) is 51.3 Å². The van der Waals surface area contributed by atoms with Crippen LogP contribution in [0.1, 0.15) is 55.0 Å². The Kier molecular flexibility index (Phi) is 6.52. The van der Waals surface area contributed by atoms with Crippen molar-refractivity contribution in [1.82, 2.24) is 10.6 Å². The van der Waals surface area contributed by atoms with Gasteiger partial charge in [0.2, 0.25) is 5.91 Å². The second-order valence-corrected chi connectivity index (χ2v) is 6.69. The van der Waals surface area contributed by atoms with Gasteiger partial charge in [0, 0.05) is 21.8 Å². The fourth-order valence-corrected chi connectivity index (χ4v) is 3.29. The molecule has 0 aliphatic heterocycles. The van der Waals surface area contributed by atoms with E-state index in [1.807, 2.05) is 11.3 Å². The molecule has 108 valence electrons. The number of carbonyl (C=O) groups excluding carboxylic acids is 1. The molecule has 1 aromatic rings. The Bertz CT molecular complexity index is 414. The maximum Gasteiger partial charge on any atom is 0.234 e. The van der Waals surface area contributed by atoms with E-state index < -0.39 is 0 Å². The predicted octanol–water partition coefficient (Wildman–Crippen LogP) is 3.32. The molecule has 0 spiro atoms. The maximum absolute atomic E-state index is 11.8. The Labute approximate surface area is 120 Å². The minimum absolute atomic E-state index is 0.0809. The minimum Gasteiger partial charge on any atom is -0.353 e. The number of hydrogen-bond acceptors (Lipinski definition) is 3. The average molecular weight is 282 g/mol. The molecule has 0 aromatic carbocycles. The third kappa shape index (κ3) is 5.33. The maximum atomic E-state index is 11.8. The lowest BCUT2D eigenvalue weighted by Gasteiger charge is -2.16. The number of rotatable bonds is 7. The zero-order valence-corrected chi connectivity index (χ0v) is 13.5. The van der Waals surface area contributed by atoms with E-state index >= 15 is 0 Å². The van der Waals surface area contributed by atoms with Crippen molar-refractivity contribution in [2.75, 3.05) is 6.54 Å². The van der Waals surface area contributed by atoms with Crippen LogP contribution in [-0.2, 0) is 4.79 Å². The van der Waals surface area contributed by atoms with Gasteiger partial charge in [0.05, 0.1) is 6.54 Å². The fraction of sp³-hybridized carbons (Fsp3) is 0.667. The second kappa shape index (κ2) is 7.65. The summed E-state index contributed by atoms with van der Waals surface area (Å²) < 4.78 is 0. The van der Waals surface area contributed by atoms with Crippen LogP contribution in [0.4, 0.5) is 0 Å². The Hall–Kier alpha value is -0.870. The lowest BCUT2D eigenvalue weighted by Crippen LogP contribution is -2.39. The van der Waals surface area contributed by atoms with Crippen molar-refractivity contribution in [2.45, 2.75) is 59.5 Å². The summed E-state index contributed by atoms with van der Waals surface area (Å²) >= 11 is 1.81. The summed E-state index contributed by atoms with van der Waals surface area (Å²) in [7, 11) is 0. The molecule has 1 rings (SSSR count). The molecule has 4 heteroatoms. The van der Waals surface area contributed by atoms with Gasteiger partial charge in [-0.1, -0.05) is 13.3 Å². The van der Waals surface area contributed by atoms with Crippen molar-refractivity contribution < 1.29 is 4.79 Å². The van der Waals surface area contributed by atoms with Crippen molar-refractivity contribution in [3.63, 3.8) is 0 Å². The summed E-state index contributed by atoms with van der Waals surface area (Å²) in [6, 6.07) is 2.69. The van der Waals surface area contributed by atoms with E-state index in [-0.39, 0.29) is 18.0 Å². The Morgan fingerprint density at radius 2 is 2.05 bits per heavy atom. The van der Waals surface area contributed by atoms with Crippen LogP contribution in [0.3, 0.4) is 0 Å². The smallest absolute Gasteiger partial charge is 0.234 e. The molecule has 2 unspecified atom stereocenters. The molecule has 0 fully saturated rings. The van der Waals surface area contributed by atoms with Crippen LogP contribution in [0.5, 0.6) is 0 Å². The van der Waals surface area contributed by atoms with Crippen molar-refractivity contribution in [3.05, 3.63) is 21.4 Å². The monoisotopic (exact) mass is 282 g/mol. The Balaban J connectivity index is 2.40. The molecule has 2 N–H and O–H groups in total. The highest BCUT2D eigenvalue weighted by Crippen LogP contribution is 2.25. The van der Waals surface area contributed by atoms with Crippen molar-refractivity contribution in [2.24, 2.45) is 0 Å². The second-order valence-electron chi connectivity index (χ2n) is 5.23. The zero-order valence-electron chi connectivity index (χ0n) is 12.7. The molecule has 0 saturated carbocycles. The summed E-state index contributed by atoms with van der Waals surface area (Å²) in [5, 5.41) is 6.30. The number of carbonyl (C=O) groups is 1. The third-order valence-electron chi connectivity index (χ3n) is 3.24. The molecule has 0 saturated heterocycles. The summed E-state index contributed by atoms with van der Waals surface area (Å²) in [6.07, 6.45) is 2.13. The van der Waals surface area contributed by atoms with Crippen LogP contribution >= 0.6 is 11.3 Å². The summed E-state index contributed by atoms with van der Waals surface area (Å²) in [5.41, 5.74) is 1.30. The van der Waals surface area contributed by atoms with Crippen LogP contribution in [0.25, 0.3) is 0 Å². The number of aryl methyl sites for hydroxylation is 2. The number of hydrogen-bond donors (Lipinski definition) is 2. The predicted molar refractivity (Wildman–Crippen MR) is 82.7 cm³/mol. The van der Waals surface area contributed by atoms with E-state index in [1.54, 1.807) is 0 Å². The van der Waals surface area contributed by atoms with Gasteiger partial charge in [-0.2, -0.15) is 0 Å². The molecule has 1 amide bonds. The van der Waals surface area contributed by atoms with Gasteiger partial charge >= 0.3 is 0 Å². The molecule has 0 bridgehead atoms. The summed E-state index contributed by atoms with van der Waals surface area (Å²) in [4.78, 5) is 14.4. The van der Waals surface area contributed by atoms with Crippen LogP contribution in [0.15, 0.2) is 6.07 Å². The minimum atomic E-state index is 0.0809. The molecule has 19 heavy (non-hydrogen) atoms. The summed E-state index contributed by atoms with van der Waals surface area (Å²) in [6.45, 7) is 10.9. The van der Waals surface area contributed by atoms with Crippen LogP contribution in [0.2, 0.25) is 0 Å². The largest absolute Gasteiger partial charge is 0.353 e. The Morgan fingerprint density at radius 3 is 2.58 bits per heavy atom. The molecule has 1 aromatic heterocycles. The van der Waals surface area contributed by atoms with Crippen LogP contribution in [-0.4, -0.2) is 18.5 Å². The van der Waals surface area contributed by atoms with Crippen molar-refractivity contribution in [1.29, 1.82) is 0 Å². The van der Waals surface area contributed by atoms with E-state index in [4.69, 9.17) is 0 Å². The topological polar surface area (TPSA) is 41.1 Å². The lowest BCUT2D eigenvalue weighted by molar-refractivity contribution is -0.121. The molecule has 0 radical (unpaired) electrons. The van der Waals surface area contributed by atoms with Gasteiger partial charge < -0.3 is 10.6 Å². The highest BCUT2D eigenvalue weighted by molar-refractivity contribution is 7.12. The molecule has 1 heterocycles. The number of nitrogens with one attached hydrogen (secondary N) is 2. The molecular formula is C15H26N2OS. The van der Waals surface area contributed by atoms with Gasteiger partial charge in [-0.05, 0) is 45.7 Å². The number of thiophene rings is 1. The zero-order chi connectivity index (χ0) is 14.4. The highest BCUT2D eigenvalue weighted by atomic mass is 32.1. The van der Waals surface area contributed by atoms with Crippen molar-refractivity contribution >= 4 is 17.2 Å². The van der Waals surface area contributed by atoms with E-state index in [0.717, 1.165) is 12.8 Å². The number of amides is 1. The van der Waals surface area contributed by atoms with Gasteiger partial charge in [-0.15, -0.1) is 11.3 Å². The highest BCUT2D eigenvalue weighted by Gasteiger charge is 2.13. The first-order valence-corrected chi connectivity index (χ1v) is 7.85. The lowest BCUT2D eigenvalue weighted by atomic mass is 10.1. The first-order chi connectivity index (χ1) is 8.93. The van der Waals surface area contributed by atoms with Gasteiger partial charge in [-0.25, -0.2) is 0 Å².